The molecule has 0 aliphatic heterocycles. The zero-order chi connectivity index (χ0) is 12.7. The summed E-state index contributed by atoms with van der Waals surface area (Å²) in [5.74, 6) is 0.815. The molecule has 0 saturated heterocycles. The van der Waals surface area contributed by atoms with Crippen LogP contribution >= 0.6 is 0 Å². The highest BCUT2D eigenvalue weighted by atomic mass is 16.3. The topological polar surface area (TPSA) is 32.3 Å². The molecular formula is C15H31NO. The van der Waals surface area contributed by atoms with E-state index in [1.165, 1.54) is 38.5 Å². The van der Waals surface area contributed by atoms with Gasteiger partial charge in [-0.25, -0.2) is 0 Å². The minimum atomic E-state index is -0.501. The Hall–Kier alpha value is -0.0800. The summed E-state index contributed by atoms with van der Waals surface area (Å²) in [6, 6.07) is 0.553. The van der Waals surface area contributed by atoms with Crippen LogP contribution in [0.1, 0.15) is 72.1 Å². The highest BCUT2D eigenvalue weighted by Gasteiger charge is 2.25. The van der Waals surface area contributed by atoms with Crippen molar-refractivity contribution in [1.29, 1.82) is 0 Å². The normalized spacial score (nSPS) is 21.2. The van der Waals surface area contributed by atoms with Gasteiger partial charge in [0.2, 0.25) is 0 Å². The van der Waals surface area contributed by atoms with E-state index in [9.17, 15) is 5.11 Å². The Balaban J connectivity index is 2.34. The quantitative estimate of drug-likeness (QED) is 0.698. The predicted molar refractivity (Wildman–Crippen MR) is 74.2 cm³/mol. The summed E-state index contributed by atoms with van der Waals surface area (Å²) in [6.45, 7) is 7.18. The lowest BCUT2D eigenvalue weighted by Crippen LogP contribution is -2.45. The summed E-state index contributed by atoms with van der Waals surface area (Å²) in [7, 11) is 0. The van der Waals surface area contributed by atoms with Gasteiger partial charge in [-0.05, 0) is 38.5 Å². The number of aliphatic hydroxyl groups is 1. The standard InChI is InChI=1S/C15H31NO/c1-4-15(17,5-2)12-16-13(3)14-10-8-6-7-9-11-14/h13-14,16-17H,4-12H2,1-3H3/t13-/m0/s1. The summed E-state index contributed by atoms with van der Waals surface area (Å²) < 4.78 is 0. The van der Waals surface area contributed by atoms with E-state index in [4.69, 9.17) is 0 Å². The van der Waals surface area contributed by atoms with Crippen molar-refractivity contribution in [1.82, 2.24) is 5.32 Å². The molecular weight excluding hydrogens is 210 g/mol. The number of hydrogen-bond acceptors (Lipinski definition) is 2. The van der Waals surface area contributed by atoms with Gasteiger partial charge in [-0.1, -0.05) is 39.5 Å². The first kappa shape index (κ1) is 15.0. The van der Waals surface area contributed by atoms with Crippen molar-refractivity contribution < 1.29 is 5.11 Å². The third-order valence-corrected chi connectivity index (χ3v) is 4.68. The van der Waals surface area contributed by atoms with Crippen LogP contribution in [0.15, 0.2) is 0 Å². The summed E-state index contributed by atoms with van der Waals surface area (Å²) in [4.78, 5) is 0. The van der Waals surface area contributed by atoms with Crippen LogP contribution in [0.4, 0.5) is 0 Å². The summed E-state index contributed by atoms with van der Waals surface area (Å²) in [5, 5.41) is 13.8. The van der Waals surface area contributed by atoms with Crippen LogP contribution in [0.25, 0.3) is 0 Å². The average molecular weight is 241 g/mol. The monoisotopic (exact) mass is 241 g/mol. The van der Waals surface area contributed by atoms with Crippen LogP contribution in [-0.4, -0.2) is 23.3 Å². The van der Waals surface area contributed by atoms with Crippen LogP contribution in [-0.2, 0) is 0 Å². The molecule has 1 saturated carbocycles. The van der Waals surface area contributed by atoms with Crippen molar-refractivity contribution in [3.05, 3.63) is 0 Å². The molecule has 0 aromatic rings. The van der Waals surface area contributed by atoms with E-state index < -0.39 is 5.60 Å². The first-order valence-corrected chi connectivity index (χ1v) is 7.57. The van der Waals surface area contributed by atoms with E-state index in [2.05, 4.69) is 26.1 Å². The molecule has 1 aliphatic carbocycles. The van der Waals surface area contributed by atoms with Crippen LogP contribution in [0.3, 0.4) is 0 Å². The zero-order valence-electron chi connectivity index (χ0n) is 12.0. The first-order chi connectivity index (χ1) is 8.11. The lowest BCUT2D eigenvalue weighted by Gasteiger charge is -2.30. The summed E-state index contributed by atoms with van der Waals surface area (Å²) in [5.41, 5.74) is -0.501. The minimum Gasteiger partial charge on any atom is -0.389 e. The second-order valence-electron chi connectivity index (χ2n) is 5.85. The molecule has 1 aliphatic rings. The third-order valence-electron chi connectivity index (χ3n) is 4.68. The first-order valence-electron chi connectivity index (χ1n) is 7.57. The molecule has 2 heteroatoms. The molecule has 0 bridgehead atoms. The van der Waals surface area contributed by atoms with Gasteiger partial charge in [0.1, 0.15) is 0 Å². The number of nitrogens with one attached hydrogen (secondary N) is 1. The van der Waals surface area contributed by atoms with Crippen molar-refractivity contribution >= 4 is 0 Å². The predicted octanol–water partition coefficient (Wildman–Crippen LogP) is 3.49. The van der Waals surface area contributed by atoms with Gasteiger partial charge in [-0.3, -0.25) is 0 Å². The van der Waals surface area contributed by atoms with Gasteiger partial charge in [0, 0.05) is 12.6 Å². The Morgan fingerprint density at radius 3 is 2.12 bits per heavy atom. The molecule has 0 amide bonds. The Labute approximate surface area is 107 Å². The van der Waals surface area contributed by atoms with Crippen molar-refractivity contribution in [2.24, 2.45) is 5.92 Å². The van der Waals surface area contributed by atoms with Crippen LogP contribution < -0.4 is 5.32 Å². The molecule has 1 fully saturated rings. The van der Waals surface area contributed by atoms with E-state index in [-0.39, 0.29) is 0 Å². The maximum atomic E-state index is 10.3. The smallest absolute Gasteiger partial charge is 0.0766 e. The Kier molecular flexibility index (Phi) is 6.50. The van der Waals surface area contributed by atoms with Crippen molar-refractivity contribution in [3.63, 3.8) is 0 Å². The van der Waals surface area contributed by atoms with E-state index >= 15 is 0 Å². The van der Waals surface area contributed by atoms with Gasteiger partial charge in [-0.2, -0.15) is 0 Å². The molecule has 0 aromatic heterocycles. The molecule has 0 unspecified atom stereocenters. The number of hydrogen-bond donors (Lipinski definition) is 2. The van der Waals surface area contributed by atoms with E-state index in [0.29, 0.717) is 6.04 Å². The van der Waals surface area contributed by atoms with Crippen molar-refractivity contribution in [2.75, 3.05) is 6.54 Å². The van der Waals surface area contributed by atoms with Crippen LogP contribution in [0.2, 0.25) is 0 Å². The minimum absolute atomic E-state index is 0.501. The molecule has 0 heterocycles. The maximum Gasteiger partial charge on any atom is 0.0766 e. The molecule has 102 valence electrons. The van der Waals surface area contributed by atoms with Gasteiger partial charge in [0.15, 0.2) is 0 Å². The molecule has 2 nitrogen and oxygen atoms in total. The summed E-state index contributed by atoms with van der Waals surface area (Å²) >= 11 is 0. The lowest BCUT2D eigenvalue weighted by molar-refractivity contribution is 0.0282. The zero-order valence-corrected chi connectivity index (χ0v) is 12.0. The van der Waals surface area contributed by atoms with Crippen molar-refractivity contribution in [3.8, 4) is 0 Å². The van der Waals surface area contributed by atoms with Gasteiger partial charge < -0.3 is 10.4 Å². The Morgan fingerprint density at radius 1 is 1.12 bits per heavy atom. The second-order valence-corrected chi connectivity index (χ2v) is 5.85. The molecule has 1 atom stereocenters. The van der Waals surface area contributed by atoms with Crippen LogP contribution in [0, 0.1) is 5.92 Å². The van der Waals surface area contributed by atoms with Gasteiger partial charge in [0.25, 0.3) is 0 Å². The molecule has 17 heavy (non-hydrogen) atoms. The summed E-state index contributed by atoms with van der Waals surface area (Å²) in [6.07, 6.45) is 10.0. The van der Waals surface area contributed by atoms with E-state index in [0.717, 1.165) is 25.3 Å². The van der Waals surface area contributed by atoms with Gasteiger partial charge in [0.05, 0.1) is 5.60 Å². The maximum absolute atomic E-state index is 10.3. The van der Waals surface area contributed by atoms with E-state index in [1.807, 2.05) is 0 Å². The van der Waals surface area contributed by atoms with Crippen molar-refractivity contribution in [2.45, 2.75) is 83.8 Å². The Morgan fingerprint density at radius 2 is 1.65 bits per heavy atom. The fourth-order valence-electron chi connectivity index (χ4n) is 2.83. The molecule has 0 radical (unpaired) electrons. The Bertz CT molecular complexity index is 193. The SMILES string of the molecule is CCC(O)(CC)CN[C@@H](C)C1CCCCCC1. The highest BCUT2D eigenvalue weighted by molar-refractivity contribution is 4.82. The number of rotatable bonds is 6. The highest BCUT2D eigenvalue weighted by Crippen LogP contribution is 2.25. The third kappa shape index (κ3) is 4.97. The molecule has 2 N–H and O–H groups in total. The molecule has 0 aromatic carbocycles. The van der Waals surface area contributed by atoms with Crippen LogP contribution in [0.5, 0.6) is 0 Å². The average Bonchev–Trinajstić information content (AvgIpc) is 2.64. The second kappa shape index (κ2) is 7.38. The van der Waals surface area contributed by atoms with E-state index in [1.54, 1.807) is 0 Å². The largest absolute Gasteiger partial charge is 0.389 e. The fraction of sp³-hybridized carbons (Fsp3) is 1.00. The lowest BCUT2D eigenvalue weighted by atomic mass is 9.91. The molecule has 0 spiro atoms. The fourth-order valence-corrected chi connectivity index (χ4v) is 2.83. The van der Waals surface area contributed by atoms with Gasteiger partial charge in [-0.15, -0.1) is 0 Å². The molecule has 1 rings (SSSR count). The van der Waals surface area contributed by atoms with Gasteiger partial charge >= 0.3 is 0 Å².